The highest BCUT2D eigenvalue weighted by atomic mass is 32.1. The molecule has 0 aromatic carbocycles. The molecule has 0 radical (unpaired) electrons. The number of rotatable bonds is 3. The van der Waals surface area contributed by atoms with Crippen LogP contribution in [0.4, 0.5) is 0 Å². The number of nitrogens with zero attached hydrogens (tertiary/aromatic N) is 4. The summed E-state index contributed by atoms with van der Waals surface area (Å²) in [5, 5.41) is 10.5. The molecule has 2 saturated heterocycles. The molecule has 148 valence electrons. The number of aliphatic hydroxyl groups is 1. The van der Waals surface area contributed by atoms with Gasteiger partial charge in [0, 0.05) is 67.4 Å². The number of aromatic nitrogens is 2. The van der Waals surface area contributed by atoms with Gasteiger partial charge in [0.05, 0.1) is 11.8 Å². The first kappa shape index (κ1) is 18.2. The summed E-state index contributed by atoms with van der Waals surface area (Å²) in [5.74, 6) is 0.383. The quantitative estimate of drug-likeness (QED) is 0.856. The number of likely N-dealkylation sites (tertiary alicyclic amines) is 2. The number of hydrogen-bond acceptors (Lipinski definition) is 6. The van der Waals surface area contributed by atoms with Crippen molar-refractivity contribution in [1.29, 1.82) is 0 Å². The highest BCUT2D eigenvalue weighted by Gasteiger charge is 2.36. The van der Waals surface area contributed by atoms with Crippen molar-refractivity contribution in [3.05, 3.63) is 35.1 Å². The van der Waals surface area contributed by atoms with E-state index in [1.54, 1.807) is 23.7 Å². The molecule has 4 heterocycles. The summed E-state index contributed by atoms with van der Waals surface area (Å²) in [4.78, 5) is 27.8. The number of piperidine rings is 1. The number of fused-ring (bicyclic) bond motifs is 1. The van der Waals surface area contributed by atoms with E-state index >= 15 is 0 Å². The molecule has 7 heteroatoms. The summed E-state index contributed by atoms with van der Waals surface area (Å²) < 4.78 is 0. The molecule has 0 spiro atoms. The average Bonchev–Trinajstić information content (AvgIpc) is 3.15. The third-order valence-corrected chi connectivity index (χ3v) is 7.60. The van der Waals surface area contributed by atoms with Gasteiger partial charge in [-0.2, -0.15) is 0 Å². The van der Waals surface area contributed by atoms with Crippen molar-refractivity contribution in [2.75, 3.05) is 26.2 Å². The Balaban J connectivity index is 1.20. The van der Waals surface area contributed by atoms with Gasteiger partial charge in [0.15, 0.2) is 0 Å². The number of β-amino-alcohol motifs (C(OH)–C–C–N with tert-alkyl or cyclic N) is 1. The maximum atomic E-state index is 13.1. The Hall–Kier alpha value is -1.83. The second-order valence-electron chi connectivity index (χ2n) is 8.23. The lowest BCUT2D eigenvalue weighted by atomic mass is 9.88. The van der Waals surface area contributed by atoms with Crippen LogP contribution in [-0.4, -0.2) is 69.1 Å². The van der Waals surface area contributed by atoms with Crippen molar-refractivity contribution in [2.24, 2.45) is 5.92 Å². The predicted octanol–water partition coefficient (Wildman–Crippen LogP) is 1.98. The van der Waals surface area contributed by atoms with E-state index in [2.05, 4.69) is 14.8 Å². The maximum Gasteiger partial charge on any atom is 0.226 e. The van der Waals surface area contributed by atoms with Gasteiger partial charge in [0.25, 0.3) is 0 Å². The molecular weight excluding hydrogens is 372 g/mol. The van der Waals surface area contributed by atoms with E-state index in [9.17, 15) is 9.90 Å². The van der Waals surface area contributed by atoms with Gasteiger partial charge >= 0.3 is 0 Å². The van der Waals surface area contributed by atoms with Gasteiger partial charge in [-0.1, -0.05) is 0 Å². The molecule has 2 aromatic heterocycles. The zero-order valence-corrected chi connectivity index (χ0v) is 16.8. The molecule has 2 fully saturated rings. The second kappa shape index (κ2) is 7.54. The zero-order valence-electron chi connectivity index (χ0n) is 16.0. The normalized spacial score (nSPS) is 24.0. The first-order valence-electron chi connectivity index (χ1n) is 10.3. The van der Waals surface area contributed by atoms with E-state index in [1.165, 1.54) is 4.88 Å². The maximum absolute atomic E-state index is 13.1. The monoisotopic (exact) mass is 398 g/mol. The number of aliphatic hydroxyl groups excluding tert-OH is 1. The Morgan fingerprint density at radius 1 is 1.14 bits per heavy atom. The van der Waals surface area contributed by atoms with Crippen molar-refractivity contribution < 1.29 is 9.90 Å². The van der Waals surface area contributed by atoms with Crippen LogP contribution >= 0.6 is 11.3 Å². The van der Waals surface area contributed by atoms with E-state index < -0.39 is 0 Å². The number of pyridine rings is 1. The molecule has 1 unspecified atom stereocenters. The molecular formula is C21H26N4O2S. The molecule has 5 rings (SSSR count). The second-order valence-corrected chi connectivity index (χ2v) is 9.31. The van der Waals surface area contributed by atoms with Crippen LogP contribution in [0.25, 0.3) is 10.6 Å². The van der Waals surface area contributed by atoms with Crippen LogP contribution in [0.3, 0.4) is 0 Å². The van der Waals surface area contributed by atoms with Crippen molar-refractivity contribution >= 4 is 17.2 Å². The third kappa shape index (κ3) is 3.47. The number of amides is 1. The minimum atomic E-state index is -0.147. The fourth-order valence-corrected chi connectivity index (χ4v) is 5.81. The lowest BCUT2D eigenvalue weighted by Gasteiger charge is -2.45. The SMILES string of the molecule is O=C(C1CCc2sc(-c3ccncc3)nc2C1)N1CCC(N2CC(O)C2)CC1. The summed E-state index contributed by atoms with van der Waals surface area (Å²) in [7, 11) is 0. The van der Waals surface area contributed by atoms with Crippen LogP contribution in [-0.2, 0) is 17.6 Å². The van der Waals surface area contributed by atoms with Gasteiger partial charge in [0.1, 0.15) is 5.01 Å². The number of hydrogen-bond donors (Lipinski definition) is 1. The van der Waals surface area contributed by atoms with Crippen LogP contribution in [0, 0.1) is 5.92 Å². The topological polar surface area (TPSA) is 69.6 Å². The molecule has 0 saturated carbocycles. The van der Waals surface area contributed by atoms with E-state index in [0.717, 1.165) is 74.5 Å². The number of thiazole rings is 1. The summed E-state index contributed by atoms with van der Waals surface area (Å²) in [6, 6.07) is 4.52. The van der Waals surface area contributed by atoms with Crippen LogP contribution in [0.15, 0.2) is 24.5 Å². The Morgan fingerprint density at radius 2 is 1.89 bits per heavy atom. The third-order valence-electron chi connectivity index (χ3n) is 6.40. The fraction of sp³-hybridized carbons (Fsp3) is 0.571. The lowest BCUT2D eigenvalue weighted by Crippen LogP contribution is -2.58. The van der Waals surface area contributed by atoms with E-state index in [1.807, 2.05) is 12.1 Å². The van der Waals surface area contributed by atoms with Crippen LogP contribution in [0.1, 0.15) is 29.8 Å². The summed E-state index contributed by atoms with van der Waals surface area (Å²) in [6.45, 7) is 3.29. The van der Waals surface area contributed by atoms with Crippen LogP contribution in [0.2, 0.25) is 0 Å². The fourth-order valence-electron chi connectivity index (χ4n) is 4.70. The first-order valence-corrected chi connectivity index (χ1v) is 11.1. The summed E-state index contributed by atoms with van der Waals surface area (Å²) in [5.41, 5.74) is 2.22. The predicted molar refractivity (Wildman–Crippen MR) is 108 cm³/mol. The Morgan fingerprint density at radius 3 is 2.61 bits per heavy atom. The molecule has 1 aliphatic carbocycles. The van der Waals surface area contributed by atoms with Gasteiger partial charge in [-0.25, -0.2) is 4.98 Å². The minimum absolute atomic E-state index is 0.0715. The molecule has 6 nitrogen and oxygen atoms in total. The zero-order chi connectivity index (χ0) is 19.1. The van der Waals surface area contributed by atoms with Crippen molar-refractivity contribution in [2.45, 2.75) is 44.2 Å². The van der Waals surface area contributed by atoms with Crippen molar-refractivity contribution in [1.82, 2.24) is 19.8 Å². The molecule has 1 atom stereocenters. The van der Waals surface area contributed by atoms with Crippen molar-refractivity contribution in [3.63, 3.8) is 0 Å². The number of carbonyl (C=O) groups is 1. The molecule has 1 amide bonds. The van der Waals surface area contributed by atoms with Crippen LogP contribution in [0.5, 0.6) is 0 Å². The van der Waals surface area contributed by atoms with E-state index in [4.69, 9.17) is 4.98 Å². The molecule has 0 bridgehead atoms. The smallest absolute Gasteiger partial charge is 0.226 e. The molecule has 3 aliphatic rings. The number of carbonyl (C=O) groups excluding carboxylic acids is 1. The highest BCUT2D eigenvalue weighted by molar-refractivity contribution is 7.15. The largest absolute Gasteiger partial charge is 0.390 e. The van der Waals surface area contributed by atoms with Gasteiger partial charge < -0.3 is 10.0 Å². The molecule has 2 aromatic rings. The average molecular weight is 399 g/mol. The Bertz CT molecular complexity index is 841. The Labute approximate surface area is 169 Å². The van der Waals surface area contributed by atoms with E-state index in [0.29, 0.717) is 11.9 Å². The highest BCUT2D eigenvalue weighted by Crippen LogP contribution is 2.35. The lowest BCUT2D eigenvalue weighted by molar-refractivity contribution is -0.138. The Kier molecular flexibility index (Phi) is 4.90. The minimum Gasteiger partial charge on any atom is -0.390 e. The molecule has 2 aliphatic heterocycles. The molecule has 28 heavy (non-hydrogen) atoms. The standard InChI is InChI=1S/C21H26N4O2S/c26-17-12-25(13-17)16-5-9-24(10-6-16)21(27)15-1-2-19-18(11-15)23-20(28-19)14-3-7-22-8-4-14/h3-4,7-8,15-17,26H,1-2,5-6,9-13H2. The van der Waals surface area contributed by atoms with Gasteiger partial charge in [0.2, 0.25) is 5.91 Å². The summed E-state index contributed by atoms with van der Waals surface area (Å²) >= 11 is 1.76. The van der Waals surface area contributed by atoms with Crippen LogP contribution < -0.4 is 0 Å². The van der Waals surface area contributed by atoms with Gasteiger partial charge in [-0.15, -0.1) is 11.3 Å². The van der Waals surface area contributed by atoms with Crippen molar-refractivity contribution in [3.8, 4) is 10.6 Å². The van der Waals surface area contributed by atoms with Gasteiger partial charge in [-0.05, 0) is 37.8 Å². The first-order chi connectivity index (χ1) is 13.7. The molecule has 1 N–H and O–H groups in total. The summed E-state index contributed by atoms with van der Waals surface area (Å²) in [6.07, 6.45) is 8.16. The van der Waals surface area contributed by atoms with Gasteiger partial charge in [-0.3, -0.25) is 14.7 Å². The number of aryl methyl sites for hydroxylation is 1. The van der Waals surface area contributed by atoms with E-state index in [-0.39, 0.29) is 12.0 Å².